The van der Waals surface area contributed by atoms with Crippen LogP contribution in [-0.4, -0.2) is 280 Å². The zero-order valence-electron chi connectivity index (χ0n) is 82.4. The van der Waals surface area contributed by atoms with Gasteiger partial charge in [-0.1, -0.05) is 55.5 Å². The minimum atomic E-state index is -2.24. The van der Waals surface area contributed by atoms with Gasteiger partial charge in [-0.15, -0.1) is 0 Å². The van der Waals surface area contributed by atoms with Crippen LogP contribution in [0.5, 0.6) is 51.7 Å². The summed E-state index contributed by atoms with van der Waals surface area (Å²) in [7, 11) is 5.19. The Balaban J connectivity index is 0.000000131. The molecule has 8 heterocycles. The summed E-state index contributed by atoms with van der Waals surface area (Å²) >= 11 is 0. The predicted octanol–water partition coefficient (Wildman–Crippen LogP) is 5.15. The van der Waals surface area contributed by atoms with Crippen LogP contribution in [0.1, 0.15) is 275 Å². The Morgan fingerprint density at radius 2 is 0.973 bits per heavy atom. The van der Waals surface area contributed by atoms with E-state index in [1.54, 1.807) is 62.6 Å². The number of aromatic hydroxyl groups is 8. The van der Waals surface area contributed by atoms with Gasteiger partial charge >= 0.3 is 5.97 Å². The molecule has 4 saturated heterocycles. The minimum Gasteiger partial charge on any atom is -0.508 e. The maximum atomic E-state index is 13.8. The first-order chi connectivity index (χ1) is 70.5. The summed E-state index contributed by atoms with van der Waals surface area (Å²) in [6.07, 6.45) is -11.0. The van der Waals surface area contributed by atoms with Crippen LogP contribution in [0.25, 0.3) is 22.3 Å². The number of methoxy groups -OCH3 is 1. The molecule has 4 fully saturated rings. The lowest BCUT2D eigenvalue weighted by molar-refractivity contribution is -0.281. The number of ether oxygens (including phenoxy) is 10. The maximum Gasteiger partial charge on any atom is 0.343 e. The summed E-state index contributed by atoms with van der Waals surface area (Å²) in [5.74, 6) is -11.4. The Labute approximate surface area is 849 Å². The number of nitrogens with zero attached hydrogens (tertiary/aromatic N) is 3. The summed E-state index contributed by atoms with van der Waals surface area (Å²) in [5.41, 5.74) is 10.7. The Bertz CT molecular complexity index is 7160. The van der Waals surface area contributed by atoms with Gasteiger partial charge in [-0.3, -0.25) is 47.9 Å². The molecule has 12 aliphatic rings. The molecular weight excluding hydrogens is 1950 g/mol. The Morgan fingerprint density at radius 1 is 0.517 bits per heavy atom. The molecule has 7 aromatic carbocycles. The summed E-state index contributed by atoms with van der Waals surface area (Å²) < 4.78 is 59.6. The number of carbonyl (C=O) groups is 10. The van der Waals surface area contributed by atoms with Crippen molar-refractivity contribution in [3.8, 4) is 63.1 Å². The van der Waals surface area contributed by atoms with Crippen molar-refractivity contribution in [3.05, 3.63) is 218 Å². The Kier molecular flexibility index (Phi) is 28.4. The highest BCUT2D eigenvalue weighted by molar-refractivity contribution is 6.33. The number of ketones is 9. The molecule has 2 aromatic heterocycles. The van der Waals surface area contributed by atoms with Crippen LogP contribution in [0.2, 0.25) is 0 Å². The standard InChI is InChI=1S/C32H37NO12.C26H27NO10.C26H27NO9.C23H23N3O5/c1-14-31(45-21-8-3-4-9-42-21)17(33)10-22(43-14)44-19-12-32(40,20(35)13-34)11-16-24(19)30(39)26-25(28(16)37)27(36)15-6-5-7-18(41-2)23(15)29(26)38;1-9-21(30)13(27)6-16(36-9)37-15-8-26(35,10(2)28)7-12-18(15)25(34)20-19(23(12)32)22(31)11-4-3-5-14(29)17(11)24(20)33;1-10-21(29)15(27)7-17(35-10)36-16-9-26(34,11(2)28)8-14-18(16)25(33)20-19(24(14)32)22(30)12-5-3-4-6-13(12)23(20)31;1-4-23(30)16-8-18-20-12(9-26(18)21(28)15(16)11-31-22(23)29)7-13-14(10-25(2)3)19(27)6-5-17(13)24-20/h5-7,14,17,19,21-22,31,34,37,39-40H,3-4,8-13,33H2,1-2H3;3-5,9,13,15-16,21,29-30,32,34-35H,6-8,27H2,1-2H3;3-6,10,15-17,21,29,32-34H,7-9,27H2,1-2H3;5-8,27,30H,4,9-11H2,1-3H3/t14-,17-,19-,21?,22?,31+,32-;9-,13-,15-,16?,21-,26-;10-,15-,16-,17?,21+,26-;23-/m0000/s1. The quantitative estimate of drug-likeness (QED) is 0.0439. The van der Waals surface area contributed by atoms with Gasteiger partial charge in [0.15, 0.2) is 71.2 Å². The van der Waals surface area contributed by atoms with E-state index in [9.17, 15) is 129 Å². The van der Waals surface area contributed by atoms with Gasteiger partial charge in [-0.05, 0) is 111 Å². The van der Waals surface area contributed by atoms with E-state index in [4.69, 9.17) is 69.6 Å². The monoisotopic (exact) mass is 2060 g/mol. The summed E-state index contributed by atoms with van der Waals surface area (Å²) in [6.45, 7) is 9.31. The predicted molar refractivity (Wildman–Crippen MR) is 517 cm³/mol. The van der Waals surface area contributed by atoms with Crippen molar-refractivity contribution >= 4 is 68.9 Å². The molecule has 21 N–H and O–H groups in total. The fraction of sp³-hybridized carbons (Fsp3) is 0.439. The minimum absolute atomic E-state index is 0.00588. The number of cyclic esters (lactones) is 1. The molecule has 149 heavy (non-hydrogen) atoms. The molecule has 0 spiro atoms. The van der Waals surface area contributed by atoms with E-state index in [1.165, 1.54) is 62.6 Å². The van der Waals surface area contributed by atoms with Crippen LogP contribution in [0.3, 0.4) is 0 Å². The number of nitrogens with two attached hydrogens (primary N) is 3. The summed E-state index contributed by atoms with van der Waals surface area (Å²) in [5, 5.41) is 164. The lowest BCUT2D eigenvalue weighted by Gasteiger charge is -2.43. The van der Waals surface area contributed by atoms with Crippen LogP contribution in [0.15, 0.2) is 89.7 Å². The lowest BCUT2D eigenvalue weighted by Crippen LogP contribution is -2.55. The molecule has 6 aliphatic carbocycles. The van der Waals surface area contributed by atoms with E-state index in [0.29, 0.717) is 47.7 Å². The normalized spacial score (nSPS) is 28.7. The SMILES string of the molecule is CC(=O)[C@]1(O)Cc2c(O)c3c(c(O)c2[C@@H](OC2C[C@H](N)[C@@H](O)[C@H](C)O2)C1)C(=O)c1c(O)cccc1C3=O.CC(=O)[C@]1(O)Cc2c(O)c3c(c(O)c2[C@@H](OC2C[C@H](N)[C@H](O)[C@H](C)O2)C1)C(=O)c1ccccc1C3=O.CC[C@@]1(O)C(=O)OCc2c1cc1n(c2=O)Cc2cc3c(CN(C)C)c(O)ccc3nc2-1.COc1cccc2c1C(=O)c1c(O)c3c(c(O)c1C2=O)C[C@@](O)(C(=O)CO)C[C@@H]3OC1C[C@H](N)[C@H](OC2CCCCO2)[C@H](C)O1. The van der Waals surface area contributed by atoms with Gasteiger partial charge in [0.2, 0.25) is 11.6 Å². The largest absolute Gasteiger partial charge is 0.508 e. The van der Waals surface area contributed by atoms with Crippen molar-refractivity contribution in [2.75, 3.05) is 34.4 Å². The topological polar surface area (TPSA) is 683 Å². The Hall–Kier alpha value is -13.2. The number of aliphatic hydroxyl groups is 7. The summed E-state index contributed by atoms with van der Waals surface area (Å²) in [6, 6.07) is 19.5. The van der Waals surface area contributed by atoms with Crippen LogP contribution < -0.4 is 27.5 Å². The third-order valence-electron chi connectivity index (χ3n) is 30.6. The van der Waals surface area contributed by atoms with Crippen molar-refractivity contribution in [2.24, 2.45) is 17.2 Å². The second-order valence-corrected chi connectivity index (χ2v) is 40.3. The third-order valence-corrected chi connectivity index (χ3v) is 30.6. The number of pyridine rings is 2. The number of hydrogen-bond acceptors (Lipinski definition) is 41. The average molecular weight is 2060 g/mol. The second kappa shape index (κ2) is 40.0. The highest BCUT2D eigenvalue weighted by Crippen LogP contribution is 2.58. The number of fused-ring (bicyclic) bond motifs is 14. The van der Waals surface area contributed by atoms with Crippen molar-refractivity contribution in [1.82, 2.24) is 14.5 Å². The number of phenolic OH excluding ortho intramolecular Hbond substituents is 8. The van der Waals surface area contributed by atoms with Gasteiger partial charge in [0.1, 0.15) is 87.9 Å². The van der Waals surface area contributed by atoms with Crippen LogP contribution in [0.4, 0.5) is 0 Å². The van der Waals surface area contributed by atoms with Crippen LogP contribution in [0, 0.1) is 0 Å². The van der Waals surface area contributed by atoms with Gasteiger partial charge in [-0.2, -0.15) is 0 Å². The number of Topliss-reactive ketones (excluding diaryl/α,β-unsaturated/α-hetero) is 3. The number of aromatic nitrogens is 2. The molecule has 42 nitrogen and oxygen atoms in total. The van der Waals surface area contributed by atoms with E-state index < -0.39 is 273 Å². The van der Waals surface area contributed by atoms with Crippen molar-refractivity contribution in [2.45, 2.75) is 265 Å². The van der Waals surface area contributed by atoms with Gasteiger partial charge in [0.05, 0.1) is 129 Å². The van der Waals surface area contributed by atoms with Crippen LogP contribution >= 0.6 is 0 Å². The second-order valence-electron chi connectivity index (χ2n) is 40.3. The van der Waals surface area contributed by atoms with E-state index >= 15 is 0 Å². The third kappa shape index (κ3) is 18.1. The fourth-order valence-corrected chi connectivity index (χ4v) is 22.5. The number of hydrogen-bond donors (Lipinski definition) is 18. The number of esters is 1. The number of phenols is 8. The molecule has 20 atom stereocenters. The number of benzene rings is 7. The van der Waals surface area contributed by atoms with Crippen molar-refractivity contribution < 1.29 is 172 Å². The van der Waals surface area contributed by atoms with E-state index in [2.05, 4.69) is 0 Å². The van der Waals surface area contributed by atoms with Gasteiger partial charge < -0.3 is 151 Å². The molecule has 9 aromatic rings. The molecule has 788 valence electrons. The van der Waals surface area contributed by atoms with Crippen molar-refractivity contribution in [1.29, 1.82) is 0 Å². The molecule has 0 bridgehead atoms. The molecule has 6 aliphatic heterocycles. The first-order valence-electron chi connectivity index (χ1n) is 48.8. The van der Waals surface area contributed by atoms with Gasteiger partial charge in [0.25, 0.3) is 5.56 Å². The fourth-order valence-electron chi connectivity index (χ4n) is 22.5. The van der Waals surface area contributed by atoms with Crippen molar-refractivity contribution in [3.63, 3.8) is 0 Å². The molecule has 0 radical (unpaired) electrons. The lowest BCUT2D eigenvalue weighted by atomic mass is 9.72. The highest BCUT2D eigenvalue weighted by atomic mass is 16.7. The molecule has 0 amide bonds. The van der Waals surface area contributed by atoms with E-state index in [-0.39, 0.29) is 140 Å². The smallest absolute Gasteiger partial charge is 0.343 e. The molecular formula is C107H114N6O36. The number of aliphatic hydroxyl groups excluding tert-OH is 3. The molecule has 21 rings (SSSR count). The van der Waals surface area contributed by atoms with Gasteiger partial charge in [0, 0.05) is 167 Å². The number of carbonyl (C=O) groups excluding carboxylic acids is 10. The Morgan fingerprint density at radius 3 is 1.44 bits per heavy atom. The maximum absolute atomic E-state index is 13.8. The average Bonchev–Trinajstić information content (AvgIpc) is 1.26. The van der Waals surface area contributed by atoms with E-state index in [1.807, 2.05) is 25.1 Å². The molecule has 0 saturated carbocycles. The summed E-state index contributed by atoms with van der Waals surface area (Å²) in [4.78, 5) is 151. The highest BCUT2D eigenvalue weighted by Gasteiger charge is 2.56. The molecule has 42 heteroatoms. The van der Waals surface area contributed by atoms with Gasteiger partial charge in [-0.25, -0.2) is 9.78 Å². The first-order valence-corrected chi connectivity index (χ1v) is 48.8. The van der Waals surface area contributed by atoms with Crippen LogP contribution in [-0.2, 0) is 106 Å². The molecule has 4 unspecified atom stereocenters. The van der Waals surface area contributed by atoms with E-state index in [0.717, 1.165) is 42.7 Å². The number of rotatable bonds is 16. The zero-order chi connectivity index (χ0) is 107. The zero-order valence-corrected chi connectivity index (χ0v) is 82.4. The first kappa shape index (κ1) is 106.